The normalized spacial score (nSPS) is 10.5. The molecular formula is C21H22N2O5. The van der Waals surface area contributed by atoms with Gasteiger partial charge in [0, 0.05) is 23.0 Å². The number of pyridine rings is 1. The Bertz CT molecular complexity index is 1060. The van der Waals surface area contributed by atoms with Crippen molar-refractivity contribution in [2.45, 2.75) is 13.0 Å². The molecule has 3 rings (SSSR count). The van der Waals surface area contributed by atoms with E-state index in [-0.39, 0.29) is 24.4 Å². The summed E-state index contributed by atoms with van der Waals surface area (Å²) in [6.07, 6.45) is 0.166. The van der Waals surface area contributed by atoms with Crippen LogP contribution in [0, 0.1) is 0 Å². The van der Waals surface area contributed by atoms with Gasteiger partial charge in [0.15, 0.2) is 11.5 Å². The van der Waals surface area contributed by atoms with Gasteiger partial charge in [0.05, 0.1) is 27.8 Å². The van der Waals surface area contributed by atoms with Gasteiger partial charge in [-0.05, 0) is 42.0 Å². The fourth-order valence-corrected chi connectivity index (χ4v) is 2.92. The van der Waals surface area contributed by atoms with E-state index in [1.807, 2.05) is 6.07 Å². The van der Waals surface area contributed by atoms with Gasteiger partial charge in [0.25, 0.3) is 5.56 Å². The molecule has 2 aromatic carbocycles. The van der Waals surface area contributed by atoms with Crippen LogP contribution in [-0.4, -0.2) is 32.2 Å². The number of carbonyl (C=O) groups is 1. The molecule has 0 spiro atoms. The second-order valence-corrected chi connectivity index (χ2v) is 6.22. The Balaban J connectivity index is 1.70. The molecule has 1 aromatic heterocycles. The van der Waals surface area contributed by atoms with Crippen molar-refractivity contribution in [2.24, 2.45) is 0 Å². The summed E-state index contributed by atoms with van der Waals surface area (Å²) in [7, 11) is 4.69. The molecule has 0 aliphatic carbocycles. The summed E-state index contributed by atoms with van der Waals surface area (Å²) < 4.78 is 15.7. The molecule has 0 aliphatic rings. The third kappa shape index (κ3) is 4.25. The minimum absolute atomic E-state index is 0.134. The predicted molar refractivity (Wildman–Crippen MR) is 106 cm³/mol. The van der Waals surface area contributed by atoms with E-state index in [1.165, 1.54) is 0 Å². The fraction of sp³-hybridized carbons (Fsp3) is 0.238. The summed E-state index contributed by atoms with van der Waals surface area (Å²) in [6, 6.07) is 12.5. The zero-order chi connectivity index (χ0) is 20.1. The highest BCUT2D eigenvalue weighted by Gasteiger charge is 2.10. The molecule has 0 aliphatic heterocycles. The van der Waals surface area contributed by atoms with Crippen LogP contribution in [0.4, 0.5) is 0 Å². The van der Waals surface area contributed by atoms with Crippen molar-refractivity contribution in [3.8, 4) is 17.2 Å². The monoisotopic (exact) mass is 382 g/mol. The van der Waals surface area contributed by atoms with Crippen LogP contribution in [0.3, 0.4) is 0 Å². The average Bonchev–Trinajstić information content (AvgIpc) is 2.71. The van der Waals surface area contributed by atoms with Crippen molar-refractivity contribution in [1.82, 2.24) is 10.3 Å². The lowest BCUT2D eigenvalue weighted by atomic mass is 10.1. The van der Waals surface area contributed by atoms with Crippen molar-refractivity contribution < 1.29 is 19.0 Å². The summed E-state index contributed by atoms with van der Waals surface area (Å²) in [6.45, 7) is 0.134. The summed E-state index contributed by atoms with van der Waals surface area (Å²) >= 11 is 0. The van der Waals surface area contributed by atoms with E-state index in [1.54, 1.807) is 57.7 Å². The summed E-state index contributed by atoms with van der Waals surface area (Å²) in [4.78, 5) is 27.4. The Kier molecular flexibility index (Phi) is 5.84. The van der Waals surface area contributed by atoms with Gasteiger partial charge >= 0.3 is 0 Å². The third-order valence-electron chi connectivity index (χ3n) is 4.42. The van der Waals surface area contributed by atoms with E-state index in [2.05, 4.69) is 10.3 Å². The molecular weight excluding hydrogens is 360 g/mol. The third-order valence-corrected chi connectivity index (χ3v) is 4.42. The molecule has 1 amide bonds. The van der Waals surface area contributed by atoms with Crippen molar-refractivity contribution in [2.75, 3.05) is 21.3 Å². The molecule has 0 atom stereocenters. The number of hydrogen-bond donors (Lipinski definition) is 2. The molecule has 146 valence electrons. The molecule has 3 aromatic rings. The summed E-state index contributed by atoms with van der Waals surface area (Å²) in [5.41, 5.74) is 1.74. The molecule has 0 saturated heterocycles. The van der Waals surface area contributed by atoms with Gasteiger partial charge in [0.1, 0.15) is 5.75 Å². The number of H-pyrrole nitrogens is 1. The standard InChI is InChI=1S/C21H22N2O5/c1-26-16-5-6-17-14(11-16)10-15(21(25)23-17)12-22-20(24)9-13-4-7-18(27-2)19(8-13)28-3/h4-8,10-11H,9,12H2,1-3H3,(H,22,24)(H,23,25). The highest BCUT2D eigenvalue weighted by molar-refractivity contribution is 5.81. The molecule has 28 heavy (non-hydrogen) atoms. The molecule has 0 fully saturated rings. The van der Waals surface area contributed by atoms with Crippen molar-refractivity contribution in [3.05, 3.63) is 63.9 Å². The zero-order valence-electron chi connectivity index (χ0n) is 16.0. The lowest BCUT2D eigenvalue weighted by molar-refractivity contribution is -0.120. The maximum Gasteiger partial charge on any atom is 0.253 e. The molecule has 0 unspecified atom stereocenters. The van der Waals surface area contributed by atoms with Gasteiger partial charge in [-0.2, -0.15) is 0 Å². The molecule has 7 heteroatoms. The molecule has 0 saturated carbocycles. The van der Waals surface area contributed by atoms with Crippen LogP contribution in [0.5, 0.6) is 17.2 Å². The van der Waals surface area contributed by atoms with E-state index in [0.717, 1.165) is 10.9 Å². The van der Waals surface area contributed by atoms with Crippen LogP contribution in [0.15, 0.2) is 47.3 Å². The van der Waals surface area contributed by atoms with Gasteiger partial charge in [-0.25, -0.2) is 0 Å². The highest BCUT2D eigenvalue weighted by atomic mass is 16.5. The van der Waals surface area contributed by atoms with E-state index in [9.17, 15) is 9.59 Å². The minimum Gasteiger partial charge on any atom is -0.497 e. The molecule has 0 bridgehead atoms. The first kappa shape index (κ1) is 19.3. The van der Waals surface area contributed by atoms with E-state index in [4.69, 9.17) is 14.2 Å². The van der Waals surface area contributed by atoms with Crippen LogP contribution in [0.2, 0.25) is 0 Å². The maximum atomic E-state index is 12.3. The predicted octanol–water partition coefficient (Wildman–Crippen LogP) is 2.41. The molecule has 1 heterocycles. The first-order chi connectivity index (χ1) is 13.5. The largest absolute Gasteiger partial charge is 0.497 e. The van der Waals surface area contributed by atoms with Crippen LogP contribution >= 0.6 is 0 Å². The number of methoxy groups -OCH3 is 3. The number of amides is 1. The fourth-order valence-electron chi connectivity index (χ4n) is 2.92. The topological polar surface area (TPSA) is 89.7 Å². The Morgan fingerprint density at radius 2 is 1.75 bits per heavy atom. The molecule has 7 nitrogen and oxygen atoms in total. The molecule has 0 radical (unpaired) electrons. The van der Waals surface area contributed by atoms with Gasteiger partial charge in [-0.15, -0.1) is 0 Å². The Morgan fingerprint density at radius 1 is 0.964 bits per heavy atom. The van der Waals surface area contributed by atoms with Gasteiger partial charge in [-0.3, -0.25) is 9.59 Å². The lowest BCUT2D eigenvalue weighted by Gasteiger charge is -2.10. The number of nitrogens with one attached hydrogen (secondary N) is 2. The number of ether oxygens (including phenoxy) is 3. The number of aromatic amines is 1. The van der Waals surface area contributed by atoms with Crippen LogP contribution in [0.1, 0.15) is 11.1 Å². The number of benzene rings is 2. The van der Waals surface area contributed by atoms with E-state index >= 15 is 0 Å². The van der Waals surface area contributed by atoms with Crippen LogP contribution < -0.4 is 25.1 Å². The number of rotatable bonds is 7. The van der Waals surface area contributed by atoms with E-state index < -0.39 is 0 Å². The minimum atomic E-state index is -0.232. The van der Waals surface area contributed by atoms with Crippen LogP contribution in [0.25, 0.3) is 10.9 Å². The zero-order valence-corrected chi connectivity index (χ0v) is 16.0. The number of fused-ring (bicyclic) bond motifs is 1. The summed E-state index contributed by atoms with van der Waals surface area (Å²) in [5.74, 6) is 1.66. The van der Waals surface area contributed by atoms with Gasteiger partial charge < -0.3 is 24.5 Å². The molecule has 2 N–H and O–H groups in total. The van der Waals surface area contributed by atoms with Crippen molar-refractivity contribution >= 4 is 16.8 Å². The quantitative estimate of drug-likeness (QED) is 0.655. The maximum absolute atomic E-state index is 12.3. The smallest absolute Gasteiger partial charge is 0.253 e. The van der Waals surface area contributed by atoms with Gasteiger partial charge in [-0.1, -0.05) is 6.07 Å². The first-order valence-corrected chi connectivity index (χ1v) is 8.71. The summed E-state index contributed by atoms with van der Waals surface area (Å²) in [5, 5.41) is 3.62. The average molecular weight is 382 g/mol. The number of hydrogen-bond acceptors (Lipinski definition) is 5. The van der Waals surface area contributed by atoms with Crippen LogP contribution in [-0.2, 0) is 17.8 Å². The first-order valence-electron chi connectivity index (χ1n) is 8.71. The van der Waals surface area contributed by atoms with Gasteiger partial charge in [0.2, 0.25) is 5.91 Å². The Morgan fingerprint density at radius 3 is 2.46 bits per heavy atom. The Labute approximate surface area is 162 Å². The van der Waals surface area contributed by atoms with Crippen molar-refractivity contribution in [1.29, 1.82) is 0 Å². The second-order valence-electron chi connectivity index (χ2n) is 6.22. The van der Waals surface area contributed by atoms with Crippen molar-refractivity contribution in [3.63, 3.8) is 0 Å². The SMILES string of the molecule is COc1ccc2[nH]c(=O)c(CNC(=O)Cc3ccc(OC)c(OC)c3)cc2c1. The second kappa shape index (κ2) is 8.47. The number of carbonyl (C=O) groups excluding carboxylic acids is 1. The Hall–Kier alpha value is -3.48. The number of aromatic nitrogens is 1. The van der Waals surface area contributed by atoms with E-state index in [0.29, 0.717) is 28.3 Å². The lowest BCUT2D eigenvalue weighted by Crippen LogP contribution is -2.28. The highest BCUT2D eigenvalue weighted by Crippen LogP contribution is 2.27.